The second kappa shape index (κ2) is 4.84. The zero-order valence-electron chi connectivity index (χ0n) is 9.62. The fourth-order valence-electron chi connectivity index (χ4n) is 1.54. The smallest absolute Gasteiger partial charge is 0.348 e. The maximum absolute atomic E-state index is 12.9. The molecule has 19 heavy (non-hydrogen) atoms. The van der Waals surface area contributed by atoms with Crippen LogP contribution in [0.15, 0.2) is 35.4 Å². The minimum Gasteiger partial charge on any atom is -0.398 e. The van der Waals surface area contributed by atoms with Gasteiger partial charge in [0.1, 0.15) is 12.0 Å². The first kappa shape index (κ1) is 12.7. The fourth-order valence-corrected chi connectivity index (χ4v) is 1.54. The minimum absolute atomic E-state index is 0.0143. The molecule has 2 rings (SSSR count). The molecule has 0 radical (unpaired) electrons. The predicted octanol–water partition coefficient (Wildman–Crippen LogP) is 0.921. The highest BCUT2D eigenvalue weighted by atomic mass is 19.1. The number of nitrogens with zero attached hydrogens (tertiary/aromatic N) is 3. The average Bonchev–Trinajstić information content (AvgIpc) is 2.34. The molecule has 7 nitrogen and oxygen atoms in total. The molecule has 0 bridgehead atoms. The molecule has 1 aromatic carbocycles. The van der Waals surface area contributed by atoms with Crippen molar-refractivity contribution < 1.29 is 9.31 Å². The predicted molar refractivity (Wildman–Crippen MR) is 65.1 cm³/mol. The number of halogens is 1. The molecule has 0 aliphatic rings. The summed E-state index contributed by atoms with van der Waals surface area (Å²) in [4.78, 5) is 24.8. The van der Waals surface area contributed by atoms with Crippen molar-refractivity contribution in [1.82, 2.24) is 9.55 Å². The number of benzene rings is 1. The third-order valence-corrected chi connectivity index (χ3v) is 2.50. The van der Waals surface area contributed by atoms with Crippen molar-refractivity contribution in [1.29, 1.82) is 0 Å². The van der Waals surface area contributed by atoms with E-state index in [9.17, 15) is 19.3 Å². The van der Waals surface area contributed by atoms with E-state index in [1.165, 1.54) is 12.1 Å². The van der Waals surface area contributed by atoms with E-state index in [4.69, 9.17) is 5.73 Å². The lowest BCUT2D eigenvalue weighted by Crippen LogP contribution is -2.23. The van der Waals surface area contributed by atoms with Crippen LogP contribution in [-0.4, -0.2) is 14.5 Å². The van der Waals surface area contributed by atoms with Gasteiger partial charge in [0, 0.05) is 5.69 Å². The number of nitrogens with two attached hydrogens (primary N) is 1. The summed E-state index contributed by atoms with van der Waals surface area (Å²) < 4.78 is 13.9. The van der Waals surface area contributed by atoms with E-state index in [-0.39, 0.29) is 17.9 Å². The molecule has 0 aliphatic heterocycles. The Balaban J connectivity index is 2.40. The summed E-state index contributed by atoms with van der Waals surface area (Å²) in [5.41, 5.74) is 5.30. The van der Waals surface area contributed by atoms with Crippen molar-refractivity contribution in [3.63, 3.8) is 0 Å². The van der Waals surface area contributed by atoms with Gasteiger partial charge in [0.2, 0.25) is 0 Å². The van der Waals surface area contributed by atoms with Crippen molar-refractivity contribution in [3.8, 4) is 0 Å². The van der Waals surface area contributed by atoms with Crippen LogP contribution in [0.4, 0.5) is 15.8 Å². The number of aromatic nitrogens is 2. The van der Waals surface area contributed by atoms with Gasteiger partial charge in [-0.3, -0.25) is 14.7 Å². The van der Waals surface area contributed by atoms with Gasteiger partial charge < -0.3 is 5.73 Å². The molecular formula is C11H9FN4O3. The van der Waals surface area contributed by atoms with Gasteiger partial charge in [-0.2, -0.15) is 4.98 Å². The molecule has 8 heteroatoms. The maximum Gasteiger partial charge on any atom is 0.348 e. The van der Waals surface area contributed by atoms with Crippen LogP contribution in [0.1, 0.15) is 5.56 Å². The van der Waals surface area contributed by atoms with Gasteiger partial charge in [-0.25, -0.2) is 9.18 Å². The molecule has 1 aromatic heterocycles. The van der Waals surface area contributed by atoms with Crippen LogP contribution in [0.25, 0.3) is 0 Å². The van der Waals surface area contributed by atoms with Crippen molar-refractivity contribution in [2.24, 2.45) is 0 Å². The van der Waals surface area contributed by atoms with Crippen LogP contribution in [0, 0.1) is 15.9 Å². The molecule has 0 atom stereocenters. The highest BCUT2D eigenvalue weighted by Crippen LogP contribution is 2.15. The molecule has 0 saturated carbocycles. The Morgan fingerprint density at radius 2 is 2.21 bits per heavy atom. The summed E-state index contributed by atoms with van der Waals surface area (Å²) >= 11 is 0. The standard InChI is InChI=1S/C11H9FN4O3/c12-8-2-1-7(10(13)3-8)5-15-6-9(16(18)19)4-14-11(15)17/h1-4,6H,5,13H2. The molecule has 0 spiro atoms. The van der Waals surface area contributed by atoms with E-state index in [1.54, 1.807) is 0 Å². The van der Waals surface area contributed by atoms with Crippen LogP contribution in [0.3, 0.4) is 0 Å². The highest BCUT2D eigenvalue weighted by molar-refractivity contribution is 5.47. The SMILES string of the molecule is Nc1cc(F)ccc1Cn1cc([N+](=O)[O-])cnc1=O. The van der Waals surface area contributed by atoms with Crippen molar-refractivity contribution in [2.45, 2.75) is 6.54 Å². The second-order valence-electron chi connectivity index (χ2n) is 3.82. The Morgan fingerprint density at radius 1 is 1.47 bits per heavy atom. The van der Waals surface area contributed by atoms with Gasteiger partial charge in [-0.1, -0.05) is 6.07 Å². The van der Waals surface area contributed by atoms with Gasteiger partial charge in [0.15, 0.2) is 0 Å². The lowest BCUT2D eigenvalue weighted by Gasteiger charge is -2.07. The van der Waals surface area contributed by atoms with Crippen molar-refractivity contribution >= 4 is 11.4 Å². The summed E-state index contributed by atoms with van der Waals surface area (Å²) in [6.07, 6.45) is 1.95. The molecule has 1 heterocycles. The number of nitro groups is 1. The third-order valence-electron chi connectivity index (χ3n) is 2.50. The lowest BCUT2D eigenvalue weighted by atomic mass is 10.2. The number of anilines is 1. The Labute approximate surface area is 106 Å². The monoisotopic (exact) mass is 264 g/mol. The van der Waals surface area contributed by atoms with Gasteiger partial charge >= 0.3 is 11.4 Å². The van der Waals surface area contributed by atoms with Crippen LogP contribution in [-0.2, 0) is 6.54 Å². The maximum atomic E-state index is 12.9. The van der Waals surface area contributed by atoms with Crippen LogP contribution >= 0.6 is 0 Å². The van der Waals surface area contributed by atoms with E-state index in [0.29, 0.717) is 5.56 Å². The summed E-state index contributed by atoms with van der Waals surface area (Å²) in [6.45, 7) is -0.0143. The number of rotatable bonds is 3. The quantitative estimate of drug-likeness (QED) is 0.504. The molecule has 0 amide bonds. The molecule has 0 unspecified atom stereocenters. The molecular weight excluding hydrogens is 255 g/mol. The Bertz CT molecular complexity index is 699. The second-order valence-corrected chi connectivity index (χ2v) is 3.82. The molecule has 2 aromatic rings. The number of hydrogen-bond acceptors (Lipinski definition) is 5. The first-order chi connectivity index (χ1) is 8.97. The van der Waals surface area contributed by atoms with Gasteiger partial charge in [0.05, 0.1) is 17.7 Å². The van der Waals surface area contributed by atoms with E-state index < -0.39 is 16.4 Å². The van der Waals surface area contributed by atoms with Crippen molar-refractivity contribution in [2.75, 3.05) is 5.73 Å². The third kappa shape index (κ3) is 2.73. The lowest BCUT2D eigenvalue weighted by molar-refractivity contribution is -0.385. The molecule has 0 fully saturated rings. The van der Waals surface area contributed by atoms with Gasteiger partial charge in [0.25, 0.3) is 0 Å². The Morgan fingerprint density at radius 3 is 2.84 bits per heavy atom. The fraction of sp³-hybridized carbons (Fsp3) is 0.0909. The topological polar surface area (TPSA) is 104 Å². The summed E-state index contributed by atoms with van der Waals surface area (Å²) in [6, 6.07) is 3.72. The first-order valence-corrected chi connectivity index (χ1v) is 5.22. The summed E-state index contributed by atoms with van der Waals surface area (Å²) in [7, 11) is 0. The first-order valence-electron chi connectivity index (χ1n) is 5.22. The van der Waals surface area contributed by atoms with Crippen LogP contribution in [0.2, 0.25) is 0 Å². The number of nitrogen functional groups attached to an aromatic ring is 1. The van der Waals surface area contributed by atoms with E-state index in [1.807, 2.05) is 0 Å². The summed E-state index contributed by atoms with van der Waals surface area (Å²) in [5, 5.41) is 10.6. The van der Waals surface area contributed by atoms with Gasteiger partial charge in [-0.05, 0) is 17.7 Å². The Hall–Kier alpha value is -2.77. The normalized spacial score (nSPS) is 10.4. The highest BCUT2D eigenvalue weighted by Gasteiger charge is 2.10. The molecule has 98 valence electrons. The van der Waals surface area contributed by atoms with Gasteiger partial charge in [-0.15, -0.1) is 0 Å². The Kier molecular flexibility index (Phi) is 3.23. The van der Waals surface area contributed by atoms with Crippen molar-refractivity contribution in [3.05, 3.63) is 62.6 Å². The van der Waals surface area contributed by atoms with E-state index in [2.05, 4.69) is 4.98 Å². The molecule has 0 aliphatic carbocycles. The number of hydrogen-bond donors (Lipinski definition) is 1. The largest absolute Gasteiger partial charge is 0.398 e. The minimum atomic E-state index is -0.656. The average molecular weight is 264 g/mol. The molecule has 0 saturated heterocycles. The molecule has 2 N–H and O–H groups in total. The van der Waals surface area contributed by atoms with Crippen LogP contribution in [0.5, 0.6) is 0 Å². The zero-order chi connectivity index (χ0) is 14.0. The van der Waals surface area contributed by atoms with E-state index in [0.717, 1.165) is 23.0 Å². The van der Waals surface area contributed by atoms with E-state index >= 15 is 0 Å². The van der Waals surface area contributed by atoms with Crippen LogP contribution < -0.4 is 11.4 Å². The summed E-state index contributed by atoms with van der Waals surface area (Å²) in [5.74, 6) is -0.495. The zero-order valence-corrected chi connectivity index (χ0v) is 9.62.